The van der Waals surface area contributed by atoms with Crippen molar-refractivity contribution in [2.24, 2.45) is 0 Å². The van der Waals surface area contributed by atoms with Crippen LogP contribution in [0.1, 0.15) is 11.1 Å². The van der Waals surface area contributed by atoms with Gasteiger partial charge < -0.3 is 15.4 Å². The number of aryl methyl sites for hydroxylation is 1. The minimum atomic E-state index is -2.96. The predicted octanol–water partition coefficient (Wildman–Crippen LogP) is 6.61. The fourth-order valence-electron chi connectivity index (χ4n) is 2.59. The van der Waals surface area contributed by atoms with Crippen LogP contribution in [-0.2, 0) is 6.54 Å². The normalized spacial score (nSPS) is 10.9. The third kappa shape index (κ3) is 5.95. The molecule has 3 rings (SSSR count). The molecule has 0 aliphatic heterocycles. The Morgan fingerprint density at radius 1 is 1.10 bits per heavy atom. The number of ether oxygens (including phenoxy) is 1. The molecule has 0 saturated carbocycles. The standard InChI is InChI=1S/C19H15Cl3F2N4OS/c1-10-2-5-16(29-18(23)24)15(6-10)25-19(30)26-17-14(22)9-28(27-17)8-11-3-4-12(20)13(21)7-11/h2-7,9,18H,8H2,1H3,(H2,25,26,27,30). The van der Waals surface area contributed by atoms with Crippen molar-refractivity contribution in [1.82, 2.24) is 9.78 Å². The maximum absolute atomic E-state index is 12.6. The maximum atomic E-state index is 12.6. The molecule has 1 heterocycles. The number of aromatic nitrogens is 2. The van der Waals surface area contributed by atoms with E-state index in [0.717, 1.165) is 11.1 Å². The van der Waals surface area contributed by atoms with Crippen LogP contribution in [0.3, 0.4) is 0 Å². The first kappa shape index (κ1) is 22.6. The molecular formula is C19H15Cl3F2N4OS. The molecule has 2 N–H and O–H groups in total. The highest BCUT2D eigenvalue weighted by atomic mass is 35.5. The second-order valence-electron chi connectivity index (χ2n) is 6.23. The lowest BCUT2D eigenvalue weighted by Crippen LogP contribution is -2.20. The van der Waals surface area contributed by atoms with E-state index in [1.165, 1.54) is 6.07 Å². The van der Waals surface area contributed by atoms with Crippen LogP contribution < -0.4 is 15.4 Å². The van der Waals surface area contributed by atoms with Gasteiger partial charge in [0.1, 0.15) is 10.8 Å². The van der Waals surface area contributed by atoms with Crippen LogP contribution >= 0.6 is 47.0 Å². The number of hydrogen-bond acceptors (Lipinski definition) is 3. The Bertz CT molecular complexity index is 1080. The summed E-state index contributed by atoms with van der Waals surface area (Å²) in [6, 6.07) is 9.98. The second-order valence-corrected chi connectivity index (χ2v) is 7.86. The lowest BCUT2D eigenvalue weighted by Gasteiger charge is -2.14. The van der Waals surface area contributed by atoms with Crippen molar-refractivity contribution in [2.45, 2.75) is 20.1 Å². The largest absolute Gasteiger partial charge is 0.433 e. The van der Waals surface area contributed by atoms with Gasteiger partial charge in [0.05, 0.1) is 22.3 Å². The first-order chi connectivity index (χ1) is 14.2. The van der Waals surface area contributed by atoms with Gasteiger partial charge in [-0.2, -0.15) is 13.9 Å². The SMILES string of the molecule is Cc1ccc(OC(F)F)c(NC(=S)Nc2nn(Cc3ccc(Cl)c(Cl)c3)cc2Cl)c1. The van der Waals surface area contributed by atoms with Crippen molar-refractivity contribution in [1.29, 1.82) is 0 Å². The maximum Gasteiger partial charge on any atom is 0.387 e. The van der Waals surface area contributed by atoms with Crippen molar-refractivity contribution in [3.63, 3.8) is 0 Å². The molecule has 0 aliphatic carbocycles. The molecule has 2 aromatic carbocycles. The van der Waals surface area contributed by atoms with Gasteiger partial charge in [0, 0.05) is 6.20 Å². The molecule has 0 spiro atoms. The third-order valence-electron chi connectivity index (χ3n) is 3.88. The molecule has 0 unspecified atom stereocenters. The van der Waals surface area contributed by atoms with Gasteiger partial charge in [-0.25, -0.2) is 0 Å². The Hall–Kier alpha value is -2.13. The zero-order valence-electron chi connectivity index (χ0n) is 15.4. The molecule has 0 fully saturated rings. The molecule has 0 radical (unpaired) electrons. The number of anilines is 2. The number of halogens is 5. The number of alkyl halides is 2. The molecule has 30 heavy (non-hydrogen) atoms. The third-order valence-corrected chi connectivity index (χ3v) is 5.10. The second kappa shape index (κ2) is 9.78. The van der Waals surface area contributed by atoms with E-state index in [1.54, 1.807) is 35.1 Å². The van der Waals surface area contributed by atoms with Crippen molar-refractivity contribution in [3.8, 4) is 5.75 Å². The molecular weight excluding hydrogens is 477 g/mol. The van der Waals surface area contributed by atoms with Crippen molar-refractivity contribution in [2.75, 3.05) is 10.6 Å². The lowest BCUT2D eigenvalue weighted by molar-refractivity contribution is -0.0493. The molecule has 11 heteroatoms. The Morgan fingerprint density at radius 3 is 2.57 bits per heavy atom. The summed E-state index contributed by atoms with van der Waals surface area (Å²) in [5.74, 6) is 0.272. The summed E-state index contributed by atoms with van der Waals surface area (Å²) >= 11 is 23.5. The van der Waals surface area contributed by atoms with Gasteiger partial charge in [-0.3, -0.25) is 4.68 Å². The van der Waals surface area contributed by atoms with Crippen molar-refractivity contribution < 1.29 is 13.5 Å². The van der Waals surface area contributed by atoms with Gasteiger partial charge in [0.25, 0.3) is 0 Å². The van der Waals surface area contributed by atoms with Crippen molar-refractivity contribution >= 4 is 63.6 Å². The molecule has 0 saturated heterocycles. The van der Waals surface area contributed by atoms with Crippen LogP contribution in [0.4, 0.5) is 20.3 Å². The average molecular weight is 492 g/mol. The van der Waals surface area contributed by atoms with Gasteiger partial charge in [-0.1, -0.05) is 46.9 Å². The van der Waals surface area contributed by atoms with Crippen LogP contribution in [0.5, 0.6) is 5.75 Å². The average Bonchev–Trinajstić information content (AvgIpc) is 2.99. The lowest BCUT2D eigenvalue weighted by atomic mass is 10.2. The number of nitrogens with one attached hydrogen (secondary N) is 2. The summed E-state index contributed by atoms with van der Waals surface area (Å²) in [7, 11) is 0. The summed E-state index contributed by atoms with van der Waals surface area (Å²) in [6.07, 6.45) is 1.62. The highest BCUT2D eigenvalue weighted by molar-refractivity contribution is 7.80. The Kier molecular flexibility index (Phi) is 7.36. The quantitative estimate of drug-likeness (QED) is 0.380. The summed E-state index contributed by atoms with van der Waals surface area (Å²) in [4.78, 5) is 0. The highest BCUT2D eigenvalue weighted by Crippen LogP contribution is 2.28. The van der Waals surface area contributed by atoms with Crippen LogP contribution in [0.2, 0.25) is 15.1 Å². The van der Waals surface area contributed by atoms with E-state index in [9.17, 15) is 8.78 Å². The summed E-state index contributed by atoms with van der Waals surface area (Å²) < 4.78 is 31.4. The number of rotatable bonds is 6. The Labute approximate surface area is 191 Å². The number of thiocarbonyl (C=S) groups is 1. The molecule has 1 aromatic heterocycles. The summed E-state index contributed by atoms with van der Waals surface area (Å²) in [6.45, 7) is -0.737. The Morgan fingerprint density at radius 2 is 1.87 bits per heavy atom. The fourth-order valence-corrected chi connectivity index (χ4v) is 3.31. The fraction of sp³-hybridized carbons (Fsp3) is 0.158. The number of nitrogens with zero attached hydrogens (tertiary/aromatic N) is 2. The number of hydrogen-bond donors (Lipinski definition) is 2. The van der Waals surface area contributed by atoms with E-state index in [2.05, 4.69) is 20.5 Å². The molecule has 158 valence electrons. The van der Waals surface area contributed by atoms with Crippen LogP contribution in [0.25, 0.3) is 0 Å². The summed E-state index contributed by atoms with van der Waals surface area (Å²) in [5.41, 5.74) is 2.01. The van der Waals surface area contributed by atoms with Crippen LogP contribution in [0, 0.1) is 6.92 Å². The van der Waals surface area contributed by atoms with Crippen LogP contribution in [-0.4, -0.2) is 21.5 Å². The molecule has 0 atom stereocenters. The topological polar surface area (TPSA) is 51.1 Å². The minimum Gasteiger partial charge on any atom is -0.433 e. The molecule has 0 amide bonds. The first-order valence-corrected chi connectivity index (χ1v) is 10.1. The number of benzene rings is 2. The smallest absolute Gasteiger partial charge is 0.387 e. The highest BCUT2D eigenvalue weighted by Gasteiger charge is 2.13. The van der Waals surface area contributed by atoms with E-state index in [4.69, 9.17) is 47.0 Å². The van der Waals surface area contributed by atoms with Gasteiger partial charge in [-0.15, -0.1) is 0 Å². The van der Waals surface area contributed by atoms with E-state index >= 15 is 0 Å². The Balaban J connectivity index is 1.70. The van der Waals surface area contributed by atoms with E-state index in [-0.39, 0.29) is 10.9 Å². The molecule has 5 nitrogen and oxygen atoms in total. The van der Waals surface area contributed by atoms with Crippen molar-refractivity contribution in [3.05, 3.63) is 68.8 Å². The monoisotopic (exact) mass is 490 g/mol. The van der Waals surface area contributed by atoms with Gasteiger partial charge in [-0.05, 0) is 54.5 Å². The van der Waals surface area contributed by atoms with Gasteiger partial charge in [0.2, 0.25) is 0 Å². The zero-order valence-corrected chi connectivity index (χ0v) is 18.5. The van der Waals surface area contributed by atoms with Crippen LogP contribution in [0.15, 0.2) is 42.6 Å². The predicted molar refractivity (Wildman–Crippen MR) is 120 cm³/mol. The zero-order chi connectivity index (χ0) is 21.8. The molecule has 0 bridgehead atoms. The van der Waals surface area contributed by atoms with Gasteiger partial charge in [0.15, 0.2) is 10.9 Å². The molecule has 3 aromatic rings. The molecule has 0 aliphatic rings. The summed E-state index contributed by atoms with van der Waals surface area (Å²) in [5, 5.41) is 11.4. The van der Waals surface area contributed by atoms with E-state index in [0.29, 0.717) is 33.1 Å². The van der Waals surface area contributed by atoms with E-state index in [1.807, 2.05) is 13.0 Å². The minimum absolute atomic E-state index is 0.0315. The first-order valence-electron chi connectivity index (χ1n) is 8.51. The van der Waals surface area contributed by atoms with Gasteiger partial charge >= 0.3 is 6.61 Å². The van der Waals surface area contributed by atoms with E-state index < -0.39 is 6.61 Å².